The van der Waals surface area contributed by atoms with E-state index in [0.29, 0.717) is 6.42 Å². The number of aryl methyl sites for hydroxylation is 1. The van der Waals surface area contributed by atoms with Crippen LogP contribution in [0.25, 0.3) is 0 Å². The van der Waals surface area contributed by atoms with Gasteiger partial charge in [-0.2, -0.15) is 0 Å². The van der Waals surface area contributed by atoms with Gasteiger partial charge in [0, 0.05) is 36.0 Å². The molecule has 0 aromatic carbocycles. The lowest BCUT2D eigenvalue weighted by atomic mass is 9.85. The molecule has 3 heterocycles. The molecule has 1 aromatic heterocycles. The highest BCUT2D eigenvalue weighted by Gasteiger charge is 2.54. The number of thioether (sulfide) groups is 1. The fraction of sp³-hybridized carbons (Fsp3) is 0.500. The van der Waals surface area contributed by atoms with E-state index < -0.39 is 5.97 Å². The lowest BCUT2D eigenvalue weighted by molar-refractivity contribution is -0.155. The monoisotopic (exact) mass is 307 g/mol. The van der Waals surface area contributed by atoms with Crippen LogP contribution in [0, 0.1) is 5.92 Å². The van der Waals surface area contributed by atoms with Crippen LogP contribution in [-0.2, 0) is 16.1 Å². The van der Waals surface area contributed by atoms with Crippen LogP contribution >= 0.6 is 11.8 Å². The second kappa shape index (κ2) is 5.55. The lowest BCUT2D eigenvalue weighted by Crippen LogP contribution is -2.58. The molecule has 0 bridgehead atoms. The number of aliphatic carboxylic acids is 1. The molecule has 0 radical (unpaired) electrons. The van der Waals surface area contributed by atoms with Crippen LogP contribution in [0.1, 0.15) is 19.8 Å². The van der Waals surface area contributed by atoms with Crippen LogP contribution in [-0.4, -0.2) is 43.2 Å². The Morgan fingerprint density at radius 1 is 1.57 bits per heavy atom. The van der Waals surface area contributed by atoms with Crippen LogP contribution in [0.2, 0.25) is 0 Å². The van der Waals surface area contributed by atoms with Crippen molar-refractivity contribution < 1.29 is 14.7 Å². The van der Waals surface area contributed by atoms with E-state index in [4.69, 9.17) is 0 Å². The van der Waals surface area contributed by atoms with Gasteiger partial charge in [0.15, 0.2) is 0 Å². The Kier molecular flexibility index (Phi) is 3.75. The Balaban J connectivity index is 1.68. The summed E-state index contributed by atoms with van der Waals surface area (Å²) >= 11 is 1.54. The average molecular weight is 307 g/mol. The van der Waals surface area contributed by atoms with Crippen molar-refractivity contribution in [1.82, 2.24) is 14.5 Å². The molecule has 0 spiro atoms. The summed E-state index contributed by atoms with van der Waals surface area (Å²) in [6, 6.07) is 0.0596. The number of β-lactam (4-membered cyclic amide) rings is 1. The van der Waals surface area contributed by atoms with Crippen molar-refractivity contribution in [3.63, 3.8) is 0 Å². The van der Waals surface area contributed by atoms with E-state index in [1.54, 1.807) is 12.5 Å². The van der Waals surface area contributed by atoms with Gasteiger partial charge in [-0.1, -0.05) is 6.92 Å². The van der Waals surface area contributed by atoms with Crippen molar-refractivity contribution in [2.45, 2.75) is 32.4 Å². The highest BCUT2D eigenvalue weighted by Crippen LogP contribution is 2.46. The number of carbonyl (C=O) groups is 2. The summed E-state index contributed by atoms with van der Waals surface area (Å²) in [5, 5.41) is 9.39. The number of nitrogens with zero attached hydrogens (tertiary/aromatic N) is 3. The molecule has 1 aromatic rings. The first-order valence-electron chi connectivity index (χ1n) is 7.01. The fourth-order valence-electron chi connectivity index (χ4n) is 3.02. The summed E-state index contributed by atoms with van der Waals surface area (Å²) in [5.41, 5.74) is 0.199. The highest BCUT2D eigenvalue weighted by molar-refractivity contribution is 8.03. The van der Waals surface area contributed by atoms with E-state index in [2.05, 4.69) is 4.98 Å². The van der Waals surface area contributed by atoms with Crippen LogP contribution in [0.3, 0.4) is 0 Å². The topological polar surface area (TPSA) is 75.4 Å². The molecule has 7 heteroatoms. The maximum atomic E-state index is 12.0. The zero-order valence-electron chi connectivity index (χ0n) is 11.7. The molecule has 1 amide bonds. The molecule has 6 nitrogen and oxygen atoms in total. The summed E-state index contributed by atoms with van der Waals surface area (Å²) in [6.07, 6.45) is 6.80. The van der Waals surface area contributed by atoms with Gasteiger partial charge in [-0.25, -0.2) is 9.78 Å². The molecule has 0 saturated carbocycles. The largest absolute Gasteiger partial charge is 0.477 e. The molecule has 1 fully saturated rings. The lowest BCUT2D eigenvalue weighted by Gasteiger charge is -2.42. The van der Waals surface area contributed by atoms with Crippen LogP contribution < -0.4 is 0 Å². The third kappa shape index (κ3) is 2.35. The maximum absolute atomic E-state index is 12.0. The van der Waals surface area contributed by atoms with E-state index in [0.717, 1.165) is 23.6 Å². The minimum Gasteiger partial charge on any atom is -0.477 e. The summed E-state index contributed by atoms with van der Waals surface area (Å²) < 4.78 is 1.96. The summed E-state index contributed by atoms with van der Waals surface area (Å²) in [4.78, 5) is 29.7. The molecule has 112 valence electrons. The highest BCUT2D eigenvalue weighted by atomic mass is 32.2. The first-order valence-corrected chi connectivity index (χ1v) is 8.00. The first-order chi connectivity index (χ1) is 10.1. The Bertz CT molecular complexity index is 597. The van der Waals surface area contributed by atoms with Crippen molar-refractivity contribution >= 4 is 23.6 Å². The minimum absolute atomic E-state index is 0.00824. The third-order valence-electron chi connectivity index (χ3n) is 4.08. The molecule has 2 aliphatic rings. The zero-order valence-corrected chi connectivity index (χ0v) is 12.5. The normalized spacial score (nSPS) is 24.2. The molecule has 21 heavy (non-hydrogen) atoms. The number of carboxylic acid groups (broad SMARTS) is 1. The zero-order chi connectivity index (χ0) is 15.0. The van der Waals surface area contributed by atoms with E-state index >= 15 is 0 Å². The van der Waals surface area contributed by atoms with Gasteiger partial charge in [-0.15, -0.1) is 11.8 Å². The molecule has 0 aliphatic carbocycles. The van der Waals surface area contributed by atoms with Crippen LogP contribution in [0.15, 0.2) is 29.3 Å². The van der Waals surface area contributed by atoms with Gasteiger partial charge in [-0.3, -0.25) is 4.79 Å². The fourth-order valence-corrected chi connectivity index (χ4v) is 4.18. The van der Waals surface area contributed by atoms with Crippen molar-refractivity contribution in [3.8, 4) is 0 Å². The predicted molar refractivity (Wildman–Crippen MR) is 78.4 cm³/mol. The molecule has 2 atom stereocenters. The number of hydrogen-bond acceptors (Lipinski definition) is 4. The summed E-state index contributed by atoms with van der Waals surface area (Å²) in [5.74, 6) is -0.268. The average Bonchev–Trinajstić information content (AvgIpc) is 3.05. The summed E-state index contributed by atoms with van der Waals surface area (Å²) in [7, 11) is 0. The van der Waals surface area contributed by atoms with Gasteiger partial charge < -0.3 is 14.6 Å². The van der Waals surface area contributed by atoms with E-state index in [1.807, 2.05) is 17.7 Å². The maximum Gasteiger partial charge on any atom is 0.353 e. The molecular formula is C14H17N3O3S. The van der Waals surface area contributed by atoms with Gasteiger partial charge in [0.2, 0.25) is 5.91 Å². The van der Waals surface area contributed by atoms with Gasteiger partial charge >= 0.3 is 5.97 Å². The standard InChI is InChI=1S/C14H17N3O3S/c1-2-9-10-7-11(12(14(19)20)17(10)13(9)18)21-6-5-16-4-3-15-8-16/h3-4,8-10H,2,5-7H2,1H3,(H,19,20). The van der Waals surface area contributed by atoms with Crippen molar-refractivity contribution in [1.29, 1.82) is 0 Å². The Morgan fingerprint density at radius 2 is 2.38 bits per heavy atom. The Hall–Kier alpha value is -1.76. The van der Waals surface area contributed by atoms with Crippen molar-refractivity contribution in [2.24, 2.45) is 5.92 Å². The van der Waals surface area contributed by atoms with Crippen molar-refractivity contribution in [3.05, 3.63) is 29.3 Å². The molecule has 2 aliphatic heterocycles. The van der Waals surface area contributed by atoms with Gasteiger partial charge in [0.25, 0.3) is 0 Å². The molecule has 3 rings (SSSR count). The molecule has 1 N–H and O–H groups in total. The van der Waals surface area contributed by atoms with Gasteiger partial charge in [-0.05, 0) is 6.42 Å². The number of carbonyl (C=O) groups excluding carboxylic acids is 1. The Labute approximate surface area is 126 Å². The molecule has 2 unspecified atom stereocenters. The first kappa shape index (κ1) is 14.2. The number of imidazole rings is 1. The summed E-state index contributed by atoms with van der Waals surface area (Å²) in [6.45, 7) is 2.75. The smallest absolute Gasteiger partial charge is 0.353 e. The second-order valence-corrected chi connectivity index (χ2v) is 6.41. The van der Waals surface area contributed by atoms with E-state index in [9.17, 15) is 14.7 Å². The quantitative estimate of drug-likeness (QED) is 0.807. The van der Waals surface area contributed by atoms with Gasteiger partial charge in [0.05, 0.1) is 18.3 Å². The van der Waals surface area contributed by atoms with E-state index in [-0.39, 0.29) is 23.6 Å². The van der Waals surface area contributed by atoms with E-state index in [1.165, 1.54) is 16.7 Å². The molecular weight excluding hydrogens is 290 g/mol. The number of aromatic nitrogens is 2. The third-order valence-corrected chi connectivity index (χ3v) is 5.17. The second-order valence-electron chi connectivity index (χ2n) is 5.22. The van der Waals surface area contributed by atoms with Crippen LogP contribution in [0.5, 0.6) is 0 Å². The predicted octanol–water partition coefficient (Wildman–Crippen LogP) is 1.55. The minimum atomic E-state index is -0.995. The molecule has 1 saturated heterocycles. The Morgan fingerprint density at radius 3 is 3.00 bits per heavy atom. The SMILES string of the molecule is CCC1C(=O)N2C(C(=O)O)=C(SCCn3ccnc3)CC12. The number of amides is 1. The number of carboxylic acids is 1. The van der Waals surface area contributed by atoms with Gasteiger partial charge in [0.1, 0.15) is 5.70 Å². The number of rotatable bonds is 6. The number of fused-ring (bicyclic) bond motifs is 1. The van der Waals surface area contributed by atoms with Crippen molar-refractivity contribution in [2.75, 3.05) is 5.75 Å². The van der Waals surface area contributed by atoms with Crippen LogP contribution in [0.4, 0.5) is 0 Å². The number of hydrogen-bond donors (Lipinski definition) is 1.